The fourth-order valence-electron chi connectivity index (χ4n) is 4.86. The van der Waals surface area contributed by atoms with Crippen LogP contribution in [0.1, 0.15) is 28.8 Å². The first-order valence-corrected chi connectivity index (χ1v) is 12.0. The number of ether oxygens (including phenoxy) is 1. The van der Waals surface area contributed by atoms with Gasteiger partial charge in [-0.25, -0.2) is 4.98 Å². The molecule has 33 heavy (non-hydrogen) atoms. The normalized spacial score (nSPS) is 17.0. The summed E-state index contributed by atoms with van der Waals surface area (Å²) in [6.45, 7) is 6.28. The van der Waals surface area contributed by atoms with Crippen molar-refractivity contribution in [2.24, 2.45) is 0 Å². The van der Waals surface area contributed by atoms with E-state index >= 15 is 0 Å². The zero-order valence-electron chi connectivity index (χ0n) is 19.4. The molecule has 0 unspecified atom stereocenters. The Morgan fingerprint density at radius 2 is 1.67 bits per heavy atom. The molecule has 0 radical (unpaired) electrons. The maximum Gasteiger partial charge on any atom is 0.257 e. The van der Waals surface area contributed by atoms with E-state index in [1.165, 1.54) is 5.56 Å². The summed E-state index contributed by atoms with van der Waals surface area (Å²) < 4.78 is 5.24. The third-order valence-electron chi connectivity index (χ3n) is 6.88. The molecule has 0 atom stereocenters. The molecule has 6 heteroatoms. The number of fused-ring (bicyclic) bond motifs is 1. The van der Waals surface area contributed by atoms with Crippen molar-refractivity contribution < 1.29 is 9.53 Å². The molecule has 0 saturated carbocycles. The predicted molar refractivity (Wildman–Crippen MR) is 132 cm³/mol. The predicted octanol–water partition coefficient (Wildman–Crippen LogP) is 3.84. The van der Waals surface area contributed by atoms with Gasteiger partial charge >= 0.3 is 0 Å². The van der Waals surface area contributed by atoms with Crippen molar-refractivity contribution in [3.05, 3.63) is 65.7 Å². The van der Waals surface area contributed by atoms with Crippen LogP contribution in [-0.4, -0.2) is 73.6 Å². The summed E-state index contributed by atoms with van der Waals surface area (Å²) in [7, 11) is 1.69. The highest BCUT2D eigenvalue weighted by Gasteiger charge is 2.27. The first kappa shape index (κ1) is 21.7. The van der Waals surface area contributed by atoms with Gasteiger partial charge in [-0.1, -0.05) is 30.3 Å². The largest absolute Gasteiger partial charge is 0.497 e. The summed E-state index contributed by atoms with van der Waals surface area (Å²) in [5.41, 5.74) is 3.02. The zero-order chi connectivity index (χ0) is 22.6. The van der Waals surface area contributed by atoms with Crippen LogP contribution < -0.4 is 9.64 Å². The van der Waals surface area contributed by atoms with Crippen LogP contribution in [0.3, 0.4) is 0 Å². The Bertz CT molecular complexity index is 1100. The second kappa shape index (κ2) is 9.79. The molecule has 0 aliphatic carbocycles. The van der Waals surface area contributed by atoms with Gasteiger partial charge in [0.05, 0.1) is 18.2 Å². The van der Waals surface area contributed by atoms with Crippen molar-refractivity contribution in [2.45, 2.75) is 19.3 Å². The SMILES string of the molecule is COc1ccc(CCN2CCN(C(=O)c3cc4ccccc4nc3N3CCCC3)CC2)cc1. The Hall–Kier alpha value is -3.12. The Kier molecular flexibility index (Phi) is 6.44. The molecule has 0 bridgehead atoms. The lowest BCUT2D eigenvalue weighted by molar-refractivity contribution is 0.0639. The molecule has 0 spiro atoms. The number of carbonyl (C=O) groups excluding carboxylic acids is 1. The Morgan fingerprint density at radius 3 is 2.39 bits per heavy atom. The van der Waals surface area contributed by atoms with E-state index in [0.717, 1.165) is 93.1 Å². The van der Waals surface area contributed by atoms with Crippen molar-refractivity contribution in [1.29, 1.82) is 0 Å². The molecule has 3 heterocycles. The Morgan fingerprint density at radius 1 is 0.939 bits per heavy atom. The molecule has 2 aliphatic heterocycles. The van der Waals surface area contributed by atoms with Crippen LogP contribution in [0.2, 0.25) is 0 Å². The second-order valence-electron chi connectivity index (χ2n) is 8.98. The molecule has 6 nitrogen and oxygen atoms in total. The lowest BCUT2D eigenvalue weighted by atomic mass is 10.1. The fourth-order valence-corrected chi connectivity index (χ4v) is 4.86. The van der Waals surface area contributed by atoms with E-state index in [2.05, 4.69) is 21.9 Å². The standard InChI is InChI=1S/C27H32N4O2/c1-33-23-10-8-21(9-11-23)12-15-29-16-18-31(19-17-29)27(32)24-20-22-6-2-3-7-25(22)28-26(24)30-13-4-5-14-30/h2-3,6-11,20H,4-5,12-19H2,1H3. The topological polar surface area (TPSA) is 48.9 Å². The average Bonchev–Trinajstić information content (AvgIpc) is 3.42. The molecule has 0 N–H and O–H groups in total. The third kappa shape index (κ3) is 4.81. The first-order chi connectivity index (χ1) is 16.2. The quantitative estimate of drug-likeness (QED) is 0.578. The number of methoxy groups -OCH3 is 1. The van der Waals surface area contributed by atoms with Gasteiger partial charge in [0, 0.05) is 51.2 Å². The van der Waals surface area contributed by atoms with Gasteiger partial charge in [-0.2, -0.15) is 0 Å². The summed E-state index contributed by atoms with van der Waals surface area (Å²) in [6.07, 6.45) is 3.33. The van der Waals surface area contributed by atoms with E-state index in [9.17, 15) is 4.79 Å². The molecular weight excluding hydrogens is 412 g/mol. The van der Waals surface area contributed by atoms with Gasteiger partial charge < -0.3 is 14.5 Å². The maximum absolute atomic E-state index is 13.6. The minimum Gasteiger partial charge on any atom is -0.497 e. The number of piperazine rings is 1. The maximum atomic E-state index is 13.6. The van der Waals surface area contributed by atoms with Crippen molar-refractivity contribution in [3.63, 3.8) is 0 Å². The van der Waals surface area contributed by atoms with Gasteiger partial charge in [-0.05, 0) is 49.1 Å². The van der Waals surface area contributed by atoms with Crippen LogP contribution >= 0.6 is 0 Å². The van der Waals surface area contributed by atoms with Gasteiger partial charge in [0.2, 0.25) is 0 Å². The number of carbonyl (C=O) groups is 1. The zero-order valence-corrected chi connectivity index (χ0v) is 19.4. The summed E-state index contributed by atoms with van der Waals surface area (Å²) in [4.78, 5) is 25.3. The summed E-state index contributed by atoms with van der Waals surface area (Å²) in [5.74, 6) is 1.87. The van der Waals surface area contributed by atoms with Crippen LogP contribution in [0.5, 0.6) is 5.75 Å². The molecule has 2 aromatic carbocycles. The van der Waals surface area contributed by atoms with Gasteiger partial charge in [0.1, 0.15) is 11.6 Å². The number of hydrogen-bond donors (Lipinski definition) is 0. The molecule has 5 rings (SSSR count). The molecule has 2 fully saturated rings. The molecule has 1 aromatic heterocycles. The van der Waals surface area contributed by atoms with Crippen LogP contribution in [0.15, 0.2) is 54.6 Å². The van der Waals surface area contributed by atoms with E-state index in [1.807, 2.05) is 47.4 Å². The van der Waals surface area contributed by atoms with Gasteiger partial charge in [-0.3, -0.25) is 9.69 Å². The molecular formula is C27H32N4O2. The second-order valence-corrected chi connectivity index (χ2v) is 8.98. The van der Waals surface area contributed by atoms with Crippen LogP contribution in [-0.2, 0) is 6.42 Å². The van der Waals surface area contributed by atoms with Crippen LogP contribution in [0.25, 0.3) is 10.9 Å². The first-order valence-electron chi connectivity index (χ1n) is 12.0. The molecule has 2 aliphatic rings. The number of pyridine rings is 1. The molecule has 1 amide bonds. The van der Waals surface area contributed by atoms with Crippen LogP contribution in [0, 0.1) is 0 Å². The number of hydrogen-bond acceptors (Lipinski definition) is 5. The third-order valence-corrected chi connectivity index (χ3v) is 6.88. The molecule has 2 saturated heterocycles. The highest BCUT2D eigenvalue weighted by molar-refractivity contribution is 6.02. The number of amides is 1. The number of rotatable bonds is 6. The Balaban J connectivity index is 1.25. The molecule has 3 aromatic rings. The van der Waals surface area contributed by atoms with Crippen molar-refractivity contribution >= 4 is 22.6 Å². The summed E-state index contributed by atoms with van der Waals surface area (Å²) in [6, 6.07) is 18.4. The number of nitrogens with zero attached hydrogens (tertiary/aromatic N) is 4. The smallest absolute Gasteiger partial charge is 0.257 e. The number of anilines is 1. The minimum absolute atomic E-state index is 0.116. The number of aromatic nitrogens is 1. The Labute approximate surface area is 195 Å². The van der Waals surface area contributed by atoms with E-state index in [1.54, 1.807) is 7.11 Å². The van der Waals surface area contributed by atoms with Crippen molar-refractivity contribution in [1.82, 2.24) is 14.8 Å². The van der Waals surface area contributed by atoms with E-state index in [-0.39, 0.29) is 5.91 Å². The molecule has 172 valence electrons. The van der Waals surface area contributed by atoms with Crippen molar-refractivity contribution in [3.8, 4) is 5.75 Å². The lowest BCUT2D eigenvalue weighted by Crippen LogP contribution is -2.49. The van der Waals surface area contributed by atoms with E-state index in [0.29, 0.717) is 0 Å². The van der Waals surface area contributed by atoms with Gasteiger partial charge in [0.25, 0.3) is 5.91 Å². The highest BCUT2D eigenvalue weighted by Crippen LogP contribution is 2.28. The highest BCUT2D eigenvalue weighted by atomic mass is 16.5. The average molecular weight is 445 g/mol. The fraction of sp³-hybridized carbons (Fsp3) is 0.407. The summed E-state index contributed by atoms with van der Waals surface area (Å²) in [5, 5.41) is 1.03. The number of benzene rings is 2. The number of para-hydroxylation sites is 1. The minimum atomic E-state index is 0.116. The van der Waals surface area contributed by atoms with E-state index < -0.39 is 0 Å². The van der Waals surface area contributed by atoms with Crippen LogP contribution in [0.4, 0.5) is 5.82 Å². The summed E-state index contributed by atoms with van der Waals surface area (Å²) >= 11 is 0. The van der Waals surface area contributed by atoms with Crippen molar-refractivity contribution in [2.75, 3.05) is 57.8 Å². The van der Waals surface area contributed by atoms with E-state index in [4.69, 9.17) is 9.72 Å². The van der Waals surface area contributed by atoms with Gasteiger partial charge in [-0.15, -0.1) is 0 Å². The monoisotopic (exact) mass is 444 g/mol. The van der Waals surface area contributed by atoms with Gasteiger partial charge in [0.15, 0.2) is 0 Å². The lowest BCUT2D eigenvalue weighted by Gasteiger charge is -2.35.